The molecule has 1 aromatic rings. The second-order valence-electron chi connectivity index (χ2n) is 3.75. The third-order valence-electron chi connectivity index (χ3n) is 2.39. The highest BCUT2D eigenvalue weighted by Gasteiger charge is 2.24. The molecule has 0 unspecified atom stereocenters. The first-order valence-corrected chi connectivity index (χ1v) is 5.84. The predicted octanol–water partition coefficient (Wildman–Crippen LogP) is 2.65. The van der Waals surface area contributed by atoms with Crippen molar-refractivity contribution in [1.29, 1.82) is 0 Å². The minimum absolute atomic E-state index is 0.191. The van der Waals surface area contributed by atoms with Crippen molar-refractivity contribution in [1.82, 2.24) is 0 Å². The highest BCUT2D eigenvalue weighted by atomic mass is 35.5. The third kappa shape index (κ3) is 4.19. The Hall–Kier alpha value is -1.35. The molecule has 0 radical (unpaired) electrons. The summed E-state index contributed by atoms with van der Waals surface area (Å²) in [6, 6.07) is 7.12. The van der Waals surface area contributed by atoms with Crippen LogP contribution in [0.2, 0.25) is 5.02 Å². The third-order valence-corrected chi connectivity index (χ3v) is 2.63. The van der Waals surface area contributed by atoms with Crippen molar-refractivity contribution < 1.29 is 14.3 Å². The Morgan fingerprint density at radius 1 is 1.41 bits per heavy atom. The Balaban J connectivity index is 2.80. The molecule has 0 N–H and O–H groups in total. The Bertz CT molecular complexity index is 415. The molecule has 0 heterocycles. The van der Waals surface area contributed by atoms with E-state index in [4.69, 9.17) is 16.3 Å². The second kappa shape index (κ2) is 6.40. The summed E-state index contributed by atoms with van der Waals surface area (Å²) in [7, 11) is 0. The molecule has 0 aliphatic rings. The predicted molar refractivity (Wildman–Crippen MR) is 66.0 cm³/mol. The zero-order valence-corrected chi connectivity index (χ0v) is 10.7. The van der Waals surface area contributed by atoms with Gasteiger partial charge in [-0.1, -0.05) is 23.7 Å². The molecule has 1 atom stereocenters. The molecule has 0 saturated carbocycles. The fourth-order valence-electron chi connectivity index (χ4n) is 1.54. The first kappa shape index (κ1) is 13.7. The van der Waals surface area contributed by atoms with E-state index in [1.54, 1.807) is 25.1 Å². The molecular weight excluding hydrogens is 240 g/mol. The topological polar surface area (TPSA) is 43.4 Å². The summed E-state index contributed by atoms with van der Waals surface area (Å²) < 4.78 is 4.88. The molecule has 17 heavy (non-hydrogen) atoms. The lowest BCUT2D eigenvalue weighted by Gasteiger charge is -2.12. The number of ether oxygens (including phenoxy) is 1. The van der Waals surface area contributed by atoms with E-state index in [1.807, 2.05) is 6.07 Å². The number of halogens is 1. The van der Waals surface area contributed by atoms with Crippen LogP contribution in [0.5, 0.6) is 0 Å². The summed E-state index contributed by atoms with van der Waals surface area (Å²) in [5.74, 6) is -1.41. The normalized spacial score (nSPS) is 11.9. The highest BCUT2D eigenvalue weighted by Crippen LogP contribution is 2.16. The number of carbonyl (C=O) groups is 2. The molecule has 0 aliphatic heterocycles. The second-order valence-corrected chi connectivity index (χ2v) is 4.19. The van der Waals surface area contributed by atoms with Gasteiger partial charge in [-0.05, 0) is 38.0 Å². The van der Waals surface area contributed by atoms with Gasteiger partial charge in [-0.25, -0.2) is 0 Å². The molecule has 0 fully saturated rings. The van der Waals surface area contributed by atoms with Crippen LogP contribution in [-0.2, 0) is 20.7 Å². The van der Waals surface area contributed by atoms with Crippen LogP contribution in [0.25, 0.3) is 0 Å². The van der Waals surface area contributed by atoms with E-state index in [0.29, 0.717) is 11.4 Å². The number of rotatable bonds is 5. The van der Waals surface area contributed by atoms with Crippen molar-refractivity contribution in [2.75, 3.05) is 6.61 Å². The number of esters is 1. The summed E-state index contributed by atoms with van der Waals surface area (Å²) in [5.41, 5.74) is 0.853. The fourth-order valence-corrected chi connectivity index (χ4v) is 1.75. The van der Waals surface area contributed by atoms with Crippen LogP contribution in [0.3, 0.4) is 0 Å². The van der Waals surface area contributed by atoms with E-state index in [-0.39, 0.29) is 12.4 Å². The number of carbonyl (C=O) groups excluding carboxylic acids is 2. The molecule has 1 aromatic carbocycles. The van der Waals surface area contributed by atoms with Crippen LogP contribution in [0.15, 0.2) is 24.3 Å². The van der Waals surface area contributed by atoms with Gasteiger partial charge >= 0.3 is 5.97 Å². The summed E-state index contributed by atoms with van der Waals surface area (Å²) in [6.07, 6.45) is 0.328. The van der Waals surface area contributed by atoms with Crippen LogP contribution in [0.4, 0.5) is 0 Å². The van der Waals surface area contributed by atoms with E-state index >= 15 is 0 Å². The van der Waals surface area contributed by atoms with Crippen molar-refractivity contribution >= 4 is 23.4 Å². The van der Waals surface area contributed by atoms with Gasteiger partial charge in [-0.2, -0.15) is 0 Å². The monoisotopic (exact) mass is 254 g/mol. The lowest BCUT2D eigenvalue weighted by atomic mass is 9.96. The molecule has 3 nitrogen and oxygen atoms in total. The van der Waals surface area contributed by atoms with Crippen molar-refractivity contribution in [2.45, 2.75) is 20.3 Å². The molecule has 1 rings (SSSR count). The van der Waals surface area contributed by atoms with Gasteiger partial charge in [0.1, 0.15) is 11.7 Å². The Morgan fingerprint density at radius 2 is 2.12 bits per heavy atom. The highest BCUT2D eigenvalue weighted by molar-refractivity contribution is 6.30. The average molecular weight is 255 g/mol. The van der Waals surface area contributed by atoms with Gasteiger partial charge in [0.05, 0.1) is 6.61 Å². The first-order chi connectivity index (χ1) is 8.04. The maximum absolute atomic E-state index is 11.6. The molecular formula is C13H15ClO3. The van der Waals surface area contributed by atoms with E-state index in [1.165, 1.54) is 6.92 Å². The minimum Gasteiger partial charge on any atom is -0.465 e. The molecule has 0 amide bonds. The standard InChI is InChI=1S/C13H15ClO3/c1-3-17-13(16)12(9(2)15)8-10-5-4-6-11(14)7-10/h4-7,12H,3,8H2,1-2H3/t12-/m0/s1. The first-order valence-electron chi connectivity index (χ1n) is 5.46. The van der Waals surface area contributed by atoms with E-state index in [0.717, 1.165) is 5.56 Å². The summed E-state index contributed by atoms with van der Waals surface area (Å²) in [5, 5.41) is 0.591. The lowest BCUT2D eigenvalue weighted by Crippen LogP contribution is -2.26. The van der Waals surface area contributed by atoms with Crippen molar-refractivity contribution in [3.63, 3.8) is 0 Å². The van der Waals surface area contributed by atoms with Crippen LogP contribution in [0, 0.1) is 5.92 Å². The van der Waals surface area contributed by atoms with Crippen LogP contribution in [0.1, 0.15) is 19.4 Å². The van der Waals surface area contributed by atoms with Crippen LogP contribution < -0.4 is 0 Å². The fraction of sp³-hybridized carbons (Fsp3) is 0.385. The number of ketones is 1. The van der Waals surface area contributed by atoms with Gasteiger partial charge < -0.3 is 4.74 Å². The number of benzene rings is 1. The molecule has 4 heteroatoms. The summed E-state index contributed by atoms with van der Waals surface area (Å²) >= 11 is 5.85. The van der Waals surface area contributed by atoms with E-state index in [2.05, 4.69) is 0 Å². The Kier molecular flexibility index (Phi) is 5.16. The SMILES string of the molecule is CCOC(=O)[C@@H](Cc1cccc(Cl)c1)C(C)=O. The summed E-state index contributed by atoms with van der Waals surface area (Å²) in [6.45, 7) is 3.39. The van der Waals surface area contributed by atoms with Crippen molar-refractivity contribution in [3.8, 4) is 0 Å². The van der Waals surface area contributed by atoms with Gasteiger partial charge in [-0.3, -0.25) is 9.59 Å². The smallest absolute Gasteiger partial charge is 0.316 e. The maximum Gasteiger partial charge on any atom is 0.316 e. The maximum atomic E-state index is 11.6. The van der Waals surface area contributed by atoms with Crippen molar-refractivity contribution in [2.24, 2.45) is 5.92 Å². The van der Waals surface area contributed by atoms with Gasteiger partial charge in [-0.15, -0.1) is 0 Å². The lowest BCUT2D eigenvalue weighted by molar-refractivity contribution is -0.151. The molecule has 0 bridgehead atoms. The minimum atomic E-state index is -0.742. The van der Waals surface area contributed by atoms with Gasteiger partial charge in [0, 0.05) is 5.02 Å². The molecule has 0 spiro atoms. The largest absolute Gasteiger partial charge is 0.465 e. The summed E-state index contributed by atoms with van der Waals surface area (Å²) in [4.78, 5) is 23.0. The van der Waals surface area contributed by atoms with Crippen LogP contribution in [-0.4, -0.2) is 18.4 Å². The van der Waals surface area contributed by atoms with Gasteiger partial charge in [0.25, 0.3) is 0 Å². The molecule has 92 valence electrons. The van der Waals surface area contributed by atoms with E-state index < -0.39 is 11.9 Å². The Morgan fingerprint density at radius 3 is 2.65 bits per heavy atom. The number of hydrogen-bond acceptors (Lipinski definition) is 3. The molecule has 0 aromatic heterocycles. The zero-order chi connectivity index (χ0) is 12.8. The number of Topliss-reactive ketones (excluding diaryl/α,β-unsaturated/α-hetero) is 1. The number of hydrogen-bond donors (Lipinski definition) is 0. The van der Waals surface area contributed by atoms with Crippen LogP contribution >= 0.6 is 11.6 Å². The Labute approximate surface area is 106 Å². The molecule has 0 aliphatic carbocycles. The zero-order valence-electron chi connectivity index (χ0n) is 9.90. The van der Waals surface area contributed by atoms with Gasteiger partial charge in [0.15, 0.2) is 0 Å². The quantitative estimate of drug-likeness (QED) is 0.599. The molecule has 0 saturated heterocycles. The average Bonchev–Trinajstić information content (AvgIpc) is 2.26. The van der Waals surface area contributed by atoms with Gasteiger partial charge in [0.2, 0.25) is 0 Å². The van der Waals surface area contributed by atoms with Crippen molar-refractivity contribution in [3.05, 3.63) is 34.9 Å². The van der Waals surface area contributed by atoms with E-state index in [9.17, 15) is 9.59 Å².